The third-order valence-electron chi connectivity index (χ3n) is 7.15. The molecular weight excluding hydrogens is 440 g/mol. The van der Waals surface area contributed by atoms with E-state index in [4.69, 9.17) is 18.9 Å². The molecule has 2 saturated heterocycles. The SMILES string of the molecule is O=C/C(=C\CCCCCCCCCOC1CCCCO1)CCCCCCCCOC1CCCCO1. The molecule has 2 aliphatic heterocycles. The highest BCUT2D eigenvalue weighted by atomic mass is 16.7. The molecule has 0 aromatic carbocycles. The van der Waals surface area contributed by atoms with Crippen molar-refractivity contribution in [2.45, 2.75) is 147 Å². The fraction of sp³-hybridized carbons (Fsp3) is 0.900. The van der Waals surface area contributed by atoms with Crippen LogP contribution in [0, 0.1) is 0 Å². The van der Waals surface area contributed by atoms with Gasteiger partial charge in [0.25, 0.3) is 0 Å². The first-order valence-electron chi connectivity index (χ1n) is 15.0. The van der Waals surface area contributed by atoms with Crippen molar-refractivity contribution in [3.05, 3.63) is 11.6 Å². The number of allylic oxidation sites excluding steroid dienone is 2. The van der Waals surface area contributed by atoms with Crippen LogP contribution in [0.25, 0.3) is 0 Å². The van der Waals surface area contributed by atoms with Crippen molar-refractivity contribution >= 4 is 6.29 Å². The van der Waals surface area contributed by atoms with Crippen molar-refractivity contribution in [1.82, 2.24) is 0 Å². The molecule has 0 saturated carbocycles. The Morgan fingerprint density at radius 2 is 1.11 bits per heavy atom. The van der Waals surface area contributed by atoms with E-state index < -0.39 is 0 Å². The van der Waals surface area contributed by atoms with Crippen LogP contribution in [0.3, 0.4) is 0 Å². The number of ether oxygens (including phenoxy) is 4. The van der Waals surface area contributed by atoms with Crippen LogP contribution in [0.2, 0.25) is 0 Å². The summed E-state index contributed by atoms with van der Waals surface area (Å²) in [7, 11) is 0. The van der Waals surface area contributed by atoms with Gasteiger partial charge in [0.1, 0.15) is 6.29 Å². The van der Waals surface area contributed by atoms with Crippen molar-refractivity contribution in [3.63, 3.8) is 0 Å². The Labute approximate surface area is 215 Å². The zero-order chi connectivity index (χ0) is 24.7. The summed E-state index contributed by atoms with van der Waals surface area (Å²) in [5.74, 6) is 0. The van der Waals surface area contributed by atoms with Crippen molar-refractivity contribution in [3.8, 4) is 0 Å². The maximum Gasteiger partial charge on any atom is 0.157 e. The van der Waals surface area contributed by atoms with Gasteiger partial charge in [-0.2, -0.15) is 0 Å². The van der Waals surface area contributed by atoms with E-state index in [1.54, 1.807) is 0 Å². The Hall–Kier alpha value is -0.750. The van der Waals surface area contributed by atoms with Gasteiger partial charge < -0.3 is 18.9 Å². The van der Waals surface area contributed by atoms with Crippen molar-refractivity contribution in [1.29, 1.82) is 0 Å². The number of aldehydes is 1. The minimum Gasteiger partial charge on any atom is -0.353 e. The molecule has 35 heavy (non-hydrogen) atoms. The Morgan fingerprint density at radius 3 is 1.60 bits per heavy atom. The molecule has 0 aromatic rings. The second-order valence-electron chi connectivity index (χ2n) is 10.4. The lowest BCUT2D eigenvalue weighted by Gasteiger charge is -2.22. The number of hydrogen-bond acceptors (Lipinski definition) is 5. The van der Waals surface area contributed by atoms with Gasteiger partial charge in [0, 0.05) is 26.4 Å². The molecule has 0 aliphatic carbocycles. The normalized spacial score (nSPS) is 21.3. The van der Waals surface area contributed by atoms with Gasteiger partial charge in [0.2, 0.25) is 0 Å². The van der Waals surface area contributed by atoms with Crippen LogP contribution in [0.4, 0.5) is 0 Å². The second kappa shape index (κ2) is 22.4. The van der Waals surface area contributed by atoms with Gasteiger partial charge in [0.05, 0.1) is 0 Å². The van der Waals surface area contributed by atoms with Gasteiger partial charge in [-0.05, 0) is 82.6 Å². The van der Waals surface area contributed by atoms with Crippen LogP contribution in [0.5, 0.6) is 0 Å². The molecule has 2 aliphatic rings. The topological polar surface area (TPSA) is 54.0 Å². The van der Waals surface area contributed by atoms with E-state index in [1.165, 1.54) is 89.9 Å². The summed E-state index contributed by atoms with van der Waals surface area (Å²) in [5, 5.41) is 0. The average molecular weight is 495 g/mol. The molecule has 2 atom stereocenters. The number of rotatable bonds is 22. The molecule has 0 aromatic heterocycles. The highest BCUT2D eigenvalue weighted by molar-refractivity contribution is 5.72. The van der Waals surface area contributed by atoms with Gasteiger partial charge in [0.15, 0.2) is 12.6 Å². The van der Waals surface area contributed by atoms with E-state index in [9.17, 15) is 4.79 Å². The molecule has 5 heteroatoms. The summed E-state index contributed by atoms with van der Waals surface area (Å²) >= 11 is 0. The third-order valence-corrected chi connectivity index (χ3v) is 7.15. The Bertz CT molecular complexity index is 509. The van der Waals surface area contributed by atoms with Crippen LogP contribution < -0.4 is 0 Å². The van der Waals surface area contributed by atoms with Crippen LogP contribution in [0.15, 0.2) is 11.6 Å². The molecule has 2 unspecified atom stereocenters. The van der Waals surface area contributed by atoms with E-state index in [0.717, 1.165) is 83.2 Å². The quantitative estimate of drug-likeness (QED) is 0.0865. The Kier molecular flexibility index (Phi) is 19.5. The number of hydrogen-bond donors (Lipinski definition) is 0. The summed E-state index contributed by atoms with van der Waals surface area (Å²) in [6.45, 7) is 3.39. The molecule has 2 rings (SSSR count). The molecule has 2 fully saturated rings. The van der Waals surface area contributed by atoms with Gasteiger partial charge in [-0.15, -0.1) is 0 Å². The first-order chi connectivity index (χ1) is 17.4. The summed E-state index contributed by atoms with van der Waals surface area (Å²) in [6.07, 6.45) is 28.3. The number of carbonyl (C=O) groups is 1. The predicted molar refractivity (Wildman–Crippen MR) is 142 cm³/mol. The van der Waals surface area contributed by atoms with Gasteiger partial charge in [-0.25, -0.2) is 0 Å². The lowest BCUT2D eigenvalue weighted by atomic mass is 10.0. The highest BCUT2D eigenvalue weighted by Crippen LogP contribution is 2.17. The summed E-state index contributed by atoms with van der Waals surface area (Å²) in [5.41, 5.74) is 1.01. The summed E-state index contributed by atoms with van der Waals surface area (Å²) in [4.78, 5) is 11.4. The van der Waals surface area contributed by atoms with Crippen LogP contribution in [-0.2, 0) is 23.7 Å². The van der Waals surface area contributed by atoms with Crippen molar-refractivity contribution in [2.75, 3.05) is 26.4 Å². The minimum atomic E-state index is 0.0505. The summed E-state index contributed by atoms with van der Waals surface area (Å²) in [6, 6.07) is 0. The zero-order valence-electron chi connectivity index (χ0n) is 22.5. The highest BCUT2D eigenvalue weighted by Gasteiger charge is 2.14. The fourth-order valence-electron chi connectivity index (χ4n) is 4.88. The van der Waals surface area contributed by atoms with E-state index in [1.807, 2.05) is 0 Å². The third kappa shape index (κ3) is 17.4. The molecule has 5 nitrogen and oxygen atoms in total. The van der Waals surface area contributed by atoms with Crippen molar-refractivity contribution < 1.29 is 23.7 Å². The Morgan fingerprint density at radius 1 is 0.629 bits per heavy atom. The van der Waals surface area contributed by atoms with E-state index in [-0.39, 0.29) is 12.6 Å². The molecule has 0 bridgehead atoms. The first-order valence-corrected chi connectivity index (χ1v) is 15.0. The van der Waals surface area contributed by atoms with Crippen molar-refractivity contribution in [2.24, 2.45) is 0 Å². The first kappa shape index (κ1) is 30.5. The number of unbranched alkanes of at least 4 members (excludes halogenated alkanes) is 12. The second-order valence-corrected chi connectivity index (χ2v) is 10.4. The van der Waals surface area contributed by atoms with Crippen LogP contribution in [-0.4, -0.2) is 45.3 Å². The summed E-state index contributed by atoms with van der Waals surface area (Å²) < 4.78 is 22.8. The lowest BCUT2D eigenvalue weighted by Crippen LogP contribution is -2.22. The molecule has 204 valence electrons. The molecule has 0 N–H and O–H groups in total. The maximum absolute atomic E-state index is 11.4. The van der Waals surface area contributed by atoms with Crippen LogP contribution in [0.1, 0.15) is 135 Å². The van der Waals surface area contributed by atoms with Gasteiger partial charge in [-0.1, -0.05) is 63.9 Å². The smallest absolute Gasteiger partial charge is 0.157 e. The predicted octanol–water partition coefficient (Wildman–Crippen LogP) is 8.05. The standard InChI is InChI=1S/C30H54O5/c31-27-28(20-12-8-4-6-10-16-24-33-30-22-14-18-26-35-30)19-11-7-3-1-2-5-9-15-23-32-29-21-13-17-25-34-29/h19,27,29-30H,1-18,20-26H2/b28-19-. The zero-order valence-corrected chi connectivity index (χ0v) is 22.5. The average Bonchev–Trinajstić information content (AvgIpc) is 2.90. The van der Waals surface area contributed by atoms with Gasteiger partial charge >= 0.3 is 0 Å². The van der Waals surface area contributed by atoms with E-state index in [2.05, 4.69) is 6.08 Å². The maximum atomic E-state index is 11.4. The number of carbonyl (C=O) groups excluding carboxylic acids is 1. The van der Waals surface area contributed by atoms with Gasteiger partial charge in [-0.3, -0.25) is 4.79 Å². The lowest BCUT2D eigenvalue weighted by molar-refractivity contribution is -0.163. The van der Waals surface area contributed by atoms with Crippen LogP contribution >= 0.6 is 0 Å². The molecular formula is C30H54O5. The minimum absolute atomic E-state index is 0.0505. The molecule has 0 amide bonds. The molecule has 2 heterocycles. The van der Waals surface area contributed by atoms with E-state index >= 15 is 0 Å². The monoisotopic (exact) mass is 494 g/mol. The molecule has 0 radical (unpaired) electrons. The van der Waals surface area contributed by atoms with E-state index in [0.29, 0.717) is 0 Å². The molecule has 0 spiro atoms. The fourth-order valence-corrected chi connectivity index (χ4v) is 4.88. The Balaban J connectivity index is 1.29. The largest absolute Gasteiger partial charge is 0.353 e.